The topological polar surface area (TPSA) is 90.0 Å². The number of hydrogen-bond acceptors (Lipinski definition) is 4. The minimum atomic E-state index is -3.52. The zero-order valence-corrected chi connectivity index (χ0v) is 11.1. The van der Waals surface area contributed by atoms with E-state index in [0.717, 1.165) is 0 Å². The van der Waals surface area contributed by atoms with Gasteiger partial charge in [0.25, 0.3) is 0 Å². The molecule has 0 amide bonds. The van der Waals surface area contributed by atoms with Gasteiger partial charge in [0, 0.05) is 25.3 Å². The van der Waals surface area contributed by atoms with Crippen molar-refractivity contribution < 1.29 is 8.42 Å². The van der Waals surface area contributed by atoms with Crippen LogP contribution in [0.5, 0.6) is 0 Å². The number of halogens is 1. The van der Waals surface area contributed by atoms with Crippen molar-refractivity contribution in [3.63, 3.8) is 0 Å². The van der Waals surface area contributed by atoms with E-state index in [2.05, 4.69) is 9.82 Å². The summed E-state index contributed by atoms with van der Waals surface area (Å²) in [7, 11) is -1.86. The number of aromatic nitrogens is 2. The molecule has 0 radical (unpaired) electrons. The lowest BCUT2D eigenvalue weighted by atomic mass is 10.1. The highest BCUT2D eigenvalue weighted by atomic mass is 35.5. The van der Waals surface area contributed by atoms with Crippen LogP contribution in [0.2, 0.25) is 0 Å². The van der Waals surface area contributed by atoms with Gasteiger partial charge in [0.2, 0.25) is 10.0 Å². The van der Waals surface area contributed by atoms with Crippen molar-refractivity contribution in [2.75, 3.05) is 6.54 Å². The van der Waals surface area contributed by atoms with Gasteiger partial charge in [0.1, 0.15) is 4.90 Å². The first-order valence-corrected chi connectivity index (χ1v) is 5.98. The standard InChI is InChI=1S/C8H16N4O2S.ClH/c1-8(2,6-9)11-15(13,14)7-4-10-12(3)5-7;/h4-5,11H,6,9H2,1-3H3;1H. The Morgan fingerprint density at radius 3 is 2.50 bits per heavy atom. The van der Waals surface area contributed by atoms with E-state index in [1.807, 2.05) is 0 Å². The van der Waals surface area contributed by atoms with Gasteiger partial charge in [-0.2, -0.15) is 5.10 Å². The van der Waals surface area contributed by atoms with Crippen LogP contribution in [0.15, 0.2) is 17.3 Å². The molecule has 0 spiro atoms. The summed E-state index contributed by atoms with van der Waals surface area (Å²) in [6.45, 7) is 3.67. The lowest BCUT2D eigenvalue weighted by Gasteiger charge is -2.23. The smallest absolute Gasteiger partial charge is 0.244 e. The molecule has 1 aromatic rings. The third kappa shape index (κ3) is 3.75. The zero-order valence-electron chi connectivity index (χ0n) is 9.47. The molecule has 0 unspecified atom stereocenters. The highest BCUT2D eigenvalue weighted by molar-refractivity contribution is 7.89. The van der Waals surface area contributed by atoms with Crippen LogP contribution < -0.4 is 10.5 Å². The van der Waals surface area contributed by atoms with Crippen LogP contribution in [0.1, 0.15) is 13.8 Å². The first kappa shape index (κ1) is 15.4. The fourth-order valence-corrected chi connectivity index (χ4v) is 2.41. The molecular formula is C8H17ClN4O2S. The average molecular weight is 269 g/mol. The van der Waals surface area contributed by atoms with Crippen molar-refractivity contribution in [3.8, 4) is 0 Å². The summed E-state index contributed by atoms with van der Waals surface area (Å²) in [6, 6.07) is 0. The van der Waals surface area contributed by atoms with Crippen LogP contribution in [0.4, 0.5) is 0 Å². The van der Waals surface area contributed by atoms with Crippen molar-refractivity contribution in [2.45, 2.75) is 24.3 Å². The van der Waals surface area contributed by atoms with Gasteiger partial charge < -0.3 is 5.73 Å². The Labute approximate surface area is 102 Å². The summed E-state index contributed by atoms with van der Waals surface area (Å²) >= 11 is 0. The third-order valence-corrected chi connectivity index (χ3v) is 3.57. The Balaban J connectivity index is 0.00000225. The number of nitrogens with zero attached hydrogens (tertiary/aromatic N) is 2. The van der Waals surface area contributed by atoms with Crippen LogP contribution in [-0.4, -0.2) is 30.3 Å². The van der Waals surface area contributed by atoms with Crippen LogP contribution in [0, 0.1) is 0 Å². The average Bonchev–Trinajstić information content (AvgIpc) is 2.51. The molecule has 6 nitrogen and oxygen atoms in total. The summed E-state index contributed by atoms with van der Waals surface area (Å²) in [5, 5.41) is 3.80. The number of hydrogen-bond donors (Lipinski definition) is 2. The molecule has 0 atom stereocenters. The van der Waals surface area contributed by atoms with Crippen molar-refractivity contribution in [1.29, 1.82) is 0 Å². The SMILES string of the molecule is Cl.Cn1cc(S(=O)(=O)NC(C)(C)CN)cn1. The van der Waals surface area contributed by atoms with Gasteiger partial charge in [-0.25, -0.2) is 13.1 Å². The van der Waals surface area contributed by atoms with Crippen molar-refractivity contribution >= 4 is 22.4 Å². The molecule has 8 heteroatoms. The molecular weight excluding hydrogens is 252 g/mol. The highest BCUT2D eigenvalue weighted by Crippen LogP contribution is 2.10. The summed E-state index contributed by atoms with van der Waals surface area (Å²) in [5.41, 5.74) is 4.79. The van der Waals surface area contributed by atoms with E-state index in [0.29, 0.717) is 0 Å². The van der Waals surface area contributed by atoms with E-state index in [4.69, 9.17) is 5.73 Å². The van der Waals surface area contributed by atoms with Crippen molar-refractivity contribution in [1.82, 2.24) is 14.5 Å². The monoisotopic (exact) mass is 268 g/mol. The molecule has 0 aliphatic heterocycles. The fraction of sp³-hybridized carbons (Fsp3) is 0.625. The molecule has 0 aliphatic rings. The molecule has 0 bridgehead atoms. The summed E-state index contributed by atoms with van der Waals surface area (Å²) < 4.78 is 27.5. The molecule has 0 saturated carbocycles. The first-order valence-electron chi connectivity index (χ1n) is 4.49. The Bertz CT molecular complexity index is 441. The van der Waals surface area contributed by atoms with Crippen LogP contribution in [0.25, 0.3) is 0 Å². The molecule has 3 N–H and O–H groups in total. The lowest BCUT2D eigenvalue weighted by Crippen LogP contribution is -2.48. The molecule has 16 heavy (non-hydrogen) atoms. The Morgan fingerprint density at radius 2 is 2.12 bits per heavy atom. The maximum Gasteiger partial charge on any atom is 0.244 e. The van der Waals surface area contributed by atoms with Crippen molar-refractivity contribution in [2.24, 2.45) is 12.8 Å². The van der Waals surface area contributed by atoms with Gasteiger partial charge >= 0.3 is 0 Å². The minimum Gasteiger partial charge on any atom is -0.329 e. The molecule has 0 aliphatic carbocycles. The molecule has 1 aromatic heterocycles. The summed E-state index contributed by atoms with van der Waals surface area (Å²) in [5.74, 6) is 0. The summed E-state index contributed by atoms with van der Waals surface area (Å²) in [6.07, 6.45) is 2.74. The quantitative estimate of drug-likeness (QED) is 0.795. The van der Waals surface area contributed by atoms with Gasteiger partial charge in [0.05, 0.1) is 6.20 Å². The maximum absolute atomic E-state index is 11.8. The molecule has 0 saturated heterocycles. The predicted molar refractivity (Wildman–Crippen MR) is 63.9 cm³/mol. The van der Waals surface area contributed by atoms with Crippen LogP contribution in [-0.2, 0) is 17.1 Å². The fourth-order valence-electron chi connectivity index (χ4n) is 1.00. The molecule has 1 heterocycles. The molecule has 0 fully saturated rings. The molecule has 94 valence electrons. The number of aryl methyl sites for hydroxylation is 1. The van der Waals surface area contributed by atoms with Gasteiger partial charge in [-0.15, -0.1) is 12.4 Å². The second-order valence-electron chi connectivity index (χ2n) is 4.04. The normalized spacial score (nSPS) is 12.2. The largest absolute Gasteiger partial charge is 0.329 e. The minimum absolute atomic E-state index is 0. The van der Waals surface area contributed by atoms with E-state index < -0.39 is 15.6 Å². The Morgan fingerprint density at radius 1 is 1.56 bits per heavy atom. The number of rotatable bonds is 4. The second kappa shape index (κ2) is 5.13. The molecule has 0 aromatic carbocycles. The van der Waals surface area contributed by atoms with E-state index in [1.54, 1.807) is 20.9 Å². The van der Waals surface area contributed by atoms with Gasteiger partial charge in [-0.1, -0.05) is 0 Å². The first-order chi connectivity index (χ1) is 6.77. The highest BCUT2D eigenvalue weighted by Gasteiger charge is 2.25. The maximum atomic E-state index is 11.8. The van der Waals surface area contributed by atoms with E-state index >= 15 is 0 Å². The molecule has 1 rings (SSSR count). The number of nitrogens with one attached hydrogen (secondary N) is 1. The van der Waals surface area contributed by atoms with Gasteiger partial charge in [-0.3, -0.25) is 4.68 Å². The van der Waals surface area contributed by atoms with Gasteiger partial charge in [0.15, 0.2) is 0 Å². The second-order valence-corrected chi connectivity index (χ2v) is 5.73. The van der Waals surface area contributed by atoms with E-state index in [1.165, 1.54) is 17.1 Å². The zero-order chi connectivity index (χ0) is 11.7. The van der Waals surface area contributed by atoms with Crippen LogP contribution in [0.3, 0.4) is 0 Å². The Kier molecular flexibility index (Phi) is 4.93. The predicted octanol–water partition coefficient (Wildman–Crippen LogP) is -0.142. The van der Waals surface area contributed by atoms with Crippen molar-refractivity contribution in [3.05, 3.63) is 12.4 Å². The van der Waals surface area contributed by atoms with E-state index in [9.17, 15) is 8.42 Å². The van der Waals surface area contributed by atoms with E-state index in [-0.39, 0.29) is 23.8 Å². The lowest BCUT2D eigenvalue weighted by molar-refractivity contribution is 0.462. The third-order valence-electron chi connectivity index (χ3n) is 1.91. The Hall–Kier alpha value is -0.630. The number of nitrogens with two attached hydrogens (primary N) is 1. The number of sulfonamides is 1. The van der Waals surface area contributed by atoms with Crippen LogP contribution >= 0.6 is 12.4 Å². The van der Waals surface area contributed by atoms with Gasteiger partial charge in [-0.05, 0) is 13.8 Å². The summed E-state index contributed by atoms with van der Waals surface area (Å²) in [4.78, 5) is 0.145.